The van der Waals surface area contributed by atoms with Crippen molar-refractivity contribution in [3.05, 3.63) is 47.2 Å². The first kappa shape index (κ1) is 10.0. The fourth-order valence-corrected chi connectivity index (χ4v) is 1.68. The lowest BCUT2D eigenvalue weighted by atomic mass is 10.0. The molecular formula is C14H16O. The fraction of sp³-hybridized carbons (Fsp3) is 0.286. The average Bonchev–Trinajstić information content (AvgIpc) is 2.60. The van der Waals surface area contributed by atoms with Crippen LogP contribution in [0, 0.1) is 13.8 Å². The average molecular weight is 200 g/mol. The fourth-order valence-electron chi connectivity index (χ4n) is 1.68. The Hall–Kier alpha value is -1.50. The van der Waals surface area contributed by atoms with E-state index in [0.29, 0.717) is 0 Å². The number of aryl methyl sites for hydroxylation is 2. The Morgan fingerprint density at radius 1 is 1.07 bits per heavy atom. The highest BCUT2D eigenvalue weighted by Gasteiger charge is 2.07. The van der Waals surface area contributed by atoms with Gasteiger partial charge in [0.1, 0.15) is 5.76 Å². The maximum absolute atomic E-state index is 5.55. The Bertz CT molecular complexity index is 449. The largest absolute Gasteiger partial charge is 0.464 e. The zero-order valence-electron chi connectivity index (χ0n) is 9.50. The topological polar surface area (TPSA) is 13.1 Å². The molecule has 1 heteroatoms. The third-order valence-corrected chi connectivity index (χ3v) is 2.91. The lowest BCUT2D eigenvalue weighted by Gasteiger charge is -2.01. The molecule has 15 heavy (non-hydrogen) atoms. The van der Waals surface area contributed by atoms with Crippen LogP contribution in [0.1, 0.15) is 23.6 Å². The smallest absolute Gasteiger partial charge is 0.137 e. The second kappa shape index (κ2) is 3.93. The third kappa shape index (κ3) is 1.82. The molecule has 2 aromatic rings. The first-order chi connectivity index (χ1) is 7.22. The van der Waals surface area contributed by atoms with E-state index in [0.717, 1.165) is 17.7 Å². The Labute approximate surface area is 90.7 Å². The Kier molecular flexibility index (Phi) is 2.63. The van der Waals surface area contributed by atoms with E-state index < -0.39 is 0 Å². The SMILES string of the molecule is CCc1ccc(-c2occ(C)c2C)cc1. The van der Waals surface area contributed by atoms with Gasteiger partial charge >= 0.3 is 0 Å². The molecule has 0 bridgehead atoms. The van der Waals surface area contributed by atoms with E-state index >= 15 is 0 Å². The van der Waals surface area contributed by atoms with Gasteiger partial charge in [0.2, 0.25) is 0 Å². The van der Waals surface area contributed by atoms with E-state index in [9.17, 15) is 0 Å². The van der Waals surface area contributed by atoms with Gasteiger partial charge in [-0.1, -0.05) is 31.2 Å². The van der Waals surface area contributed by atoms with Gasteiger partial charge in [-0.15, -0.1) is 0 Å². The first-order valence-corrected chi connectivity index (χ1v) is 5.36. The minimum Gasteiger partial charge on any atom is -0.464 e. The van der Waals surface area contributed by atoms with E-state index in [1.54, 1.807) is 0 Å². The van der Waals surface area contributed by atoms with E-state index in [-0.39, 0.29) is 0 Å². The number of hydrogen-bond donors (Lipinski definition) is 0. The molecule has 0 N–H and O–H groups in total. The zero-order chi connectivity index (χ0) is 10.8. The lowest BCUT2D eigenvalue weighted by molar-refractivity contribution is 0.579. The van der Waals surface area contributed by atoms with Gasteiger partial charge in [-0.3, -0.25) is 0 Å². The Morgan fingerprint density at radius 3 is 2.20 bits per heavy atom. The van der Waals surface area contributed by atoms with Gasteiger partial charge in [-0.2, -0.15) is 0 Å². The van der Waals surface area contributed by atoms with Crippen LogP contribution >= 0.6 is 0 Å². The molecule has 0 saturated carbocycles. The van der Waals surface area contributed by atoms with Gasteiger partial charge in [-0.25, -0.2) is 0 Å². The van der Waals surface area contributed by atoms with Gasteiger partial charge < -0.3 is 4.42 Å². The number of furan rings is 1. The third-order valence-electron chi connectivity index (χ3n) is 2.91. The van der Waals surface area contributed by atoms with E-state index in [2.05, 4.69) is 45.0 Å². The highest BCUT2D eigenvalue weighted by atomic mass is 16.3. The zero-order valence-corrected chi connectivity index (χ0v) is 9.50. The number of benzene rings is 1. The van der Waals surface area contributed by atoms with Crippen LogP contribution < -0.4 is 0 Å². The maximum atomic E-state index is 5.55. The standard InChI is InChI=1S/C14H16O/c1-4-12-5-7-13(8-6-12)14-11(3)10(2)9-15-14/h5-9H,4H2,1-3H3. The molecule has 0 fully saturated rings. The molecule has 0 radical (unpaired) electrons. The monoisotopic (exact) mass is 200 g/mol. The van der Waals surface area contributed by atoms with E-state index in [4.69, 9.17) is 4.42 Å². The molecule has 1 heterocycles. The normalized spacial score (nSPS) is 10.6. The molecule has 0 spiro atoms. The minimum atomic E-state index is 0.996. The lowest BCUT2D eigenvalue weighted by Crippen LogP contribution is -1.82. The molecule has 1 aromatic carbocycles. The molecule has 2 rings (SSSR count). The summed E-state index contributed by atoms with van der Waals surface area (Å²) in [4.78, 5) is 0. The van der Waals surface area contributed by atoms with Gasteiger partial charge in [0.15, 0.2) is 0 Å². The van der Waals surface area contributed by atoms with Crippen LogP contribution in [0.25, 0.3) is 11.3 Å². The molecule has 0 unspecified atom stereocenters. The second-order valence-electron chi connectivity index (χ2n) is 3.92. The first-order valence-electron chi connectivity index (χ1n) is 5.36. The summed E-state index contributed by atoms with van der Waals surface area (Å²) in [6, 6.07) is 8.58. The summed E-state index contributed by atoms with van der Waals surface area (Å²) in [5.74, 6) is 0.996. The van der Waals surface area contributed by atoms with Crippen molar-refractivity contribution in [1.82, 2.24) is 0 Å². The summed E-state index contributed by atoms with van der Waals surface area (Å²) < 4.78 is 5.55. The summed E-state index contributed by atoms with van der Waals surface area (Å²) in [6.07, 6.45) is 2.90. The highest BCUT2D eigenvalue weighted by molar-refractivity contribution is 5.62. The van der Waals surface area contributed by atoms with Gasteiger partial charge in [0.25, 0.3) is 0 Å². The van der Waals surface area contributed by atoms with Crippen LogP contribution in [0.3, 0.4) is 0 Å². The van der Waals surface area contributed by atoms with Crippen molar-refractivity contribution in [3.8, 4) is 11.3 Å². The van der Waals surface area contributed by atoms with Crippen LogP contribution in [-0.4, -0.2) is 0 Å². The molecule has 0 aliphatic carbocycles. The molecule has 0 atom stereocenters. The van der Waals surface area contributed by atoms with Crippen LogP contribution in [0.2, 0.25) is 0 Å². The van der Waals surface area contributed by atoms with Crippen molar-refractivity contribution >= 4 is 0 Å². The molecule has 0 aliphatic heterocycles. The number of rotatable bonds is 2. The van der Waals surface area contributed by atoms with Crippen LogP contribution in [-0.2, 0) is 6.42 Å². The highest BCUT2D eigenvalue weighted by Crippen LogP contribution is 2.27. The minimum absolute atomic E-state index is 0.996. The molecule has 0 amide bonds. The summed E-state index contributed by atoms with van der Waals surface area (Å²) >= 11 is 0. The molecule has 0 aliphatic rings. The quantitative estimate of drug-likeness (QED) is 0.710. The van der Waals surface area contributed by atoms with Gasteiger partial charge in [0.05, 0.1) is 6.26 Å². The Morgan fingerprint density at radius 2 is 1.73 bits per heavy atom. The predicted octanol–water partition coefficient (Wildman–Crippen LogP) is 4.13. The van der Waals surface area contributed by atoms with E-state index in [1.807, 2.05) is 6.26 Å². The van der Waals surface area contributed by atoms with E-state index in [1.165, 1.54) is 16.7 Å². The van der Waals surface area contributed by atoms with Crippen LogP contribution in [0.15, 0.2) is 34.9 Å². The summed E-state index contributed by atoms with van der Waals surface area (Å²) in [7, 11) is 0. The predicted molar refractivity (Wildman–Crippen MR) is 63.0 cm³/mol. The van der Waals surface area contributed by atoms with Crippen molar-refractivity contribution in [3.63, 3.8) is 0 Å². The second-order valence-corrected chi connectivity index (χ2v) is 3.92. The van der Waals surface area contributed by atoms with Crippen molar-refractivity contribution < 1.29 is 4.42 Å². The summed E-state index contributed by atoms with van der Waals surface area (Å²) in [5, 5.41) is 0. The maximum Gasteiger partial charge on any atom is 0.137 e. The van der Waals surface area contributed by atoms with Crippen LogP contribution in [0.4, 0.5) is 0 Å². The summed E-state index contributed by atoms with van der Waals surface area (Å²) in [5.41, 5.74) is 4.97. The van der Waals surface area contributed by atoms with Gasteiger partial charge in [-0.05, 0) is 37.0 Å². The van der Waals surface area contributed by atoms with Crippen LogP contribution in [0.5, 0.6) is 0 Å². The molecule has 1 nitrogen and oxygen atoms in total. The molecule has 78 valence electrons. The molecule has 0 saturated heterocycles. The molecule has 1 aromatic heterocycles. The van der Waals surface area contributed by atoms with Crippen molar-refractivity contribution in [2.24, 2.45) is 0 Å². The molecular weight excluding hydrogens is 184 g/mol. The van der Waals surface area contributed by atoms with Crippen molar-refractivity contribution in [2.45, 2.75) is 27.2 Å². The summed E-state index contributed by atoms with van der Waals surface area (Å²) in [6.45, 7) is 6.34. The van der Waals surface area contributed by atoms with Crippen molar-refractivity contribution in [1.29, 1.82) is 0 Å². The Balaban J connectivity index is 2.41. The number of hydrogen-bond acceptors (Lipinski definition) is 1. The van der Waals surface area contributed by atoms with Gasteiger partial charge in [0, 0.05) is 5.56 Å². The van der Waals surface area contributed by atoms with Crippen molar-refractivity contribution in [2.75, 3.05) is 0 Å².